The lowest BCUT2D eigenvalue weighted by molar-refractivity contribution is 0.0938. The number of nitrogens with one attached hydrogen (secondary N) is 1. The third-order valence-corrected chi connectivity index (χ3v) is 6.26. The van der Waals surface area contributed by atoms with Crippen LogP contribution in [0.1, 0.15) is 49.7 Å². The Morgan fingerprint density at radius 1 is 1.03 bits per heavy atom. The fourth-order valence-electron chi connectivity index (χ4n) is 3.60. The monoisotopic (exact) mass is 473 g/mol. The predicted octanol–water partition coefficient (Wildman–Crippen LogP) is 5.28. The molecule has 0 aliphatic rings. The van der Waals surface area contributed by atoms with Gasteiger partial charge in [-0.1, -0.05) is 54.6 Å². The lowest BCUT2D eigenvalue weighted by Gasteiger charge is -2.15. The van der Waals surface area contributed by atoms with E-state index >= 15 is 0 Å². The van der Waals surface area contributed by atoms with Gasteiger partial charge in [-0.2, -0.15) is 4.99 Å². The van der Waals surface area contributed by atoms with Crippen LogP contribution in [0.25, 0.3) is 0 Å². The number of hydrogen-bond acceptors (Lipinski definition) is 3. The molecule has 0 saturated carbocycles. The van der Waals surface area contributed by atoms with Crippen molar-refractivity contribution in [2.24, 2.45) is 4.99 Å². The number of halogens is 1. The number of hydrogen-bond donors (Lipinski definition) is 1. The zero-order valence-corrected chi connectivity index (χ0v) is 19.7. The maximum absolute atomic E-state index is 14.0. The van der Waals surface area contributed by atoms with Crippen molar-refractivity contribution in [2.45, 2.75) is 26.4 Å². The molecule has 1 N–H and O–H groups in total. The molecule has 1 atom stereocenters. The molecule has 1 unspecified atom stereocenters. The van der Waals surface area contributed by atoms with Gasteiger partial charge in [0.25, 0.3) is 11.8 Å². The first-order valence-corrected chi connectivity index (χ1v) is 11.7. The van der Waals surface area contributed by atoms with E-state index < -0.39 is 11.7 Å². The van der Waals surface area contributed by atoms with E-state index in [1.165, 1.54) is 29.5 Å². The second kappa shape index (κ2) is 10.4. The number of nitrogens with zero attached hydrogens (tertiary/aromatic N) is 2. The molecular weight excluding hydrogens is 449 g/mol. The Morgan fingerprint density at radius 3 is 2.53 bits per heavy atom. The Morgan fingerprint density at radius 2 is 1.76 bits per heavy atom. The highest BCUT2D eigenvalue weighted by molar-refractivity contribution is 7.09. The van der Waals surface area contributed by atoms with Crippen LogP contribution in [0.3, 0.4) is 0 Å². The summed E-state index contributed by atoms with van der Waals surface area (Å²) in [6, 6.07) is 22.8. The molecule has 0 saturated heterocycles. The number of amides is 2. The summed E-state index contributed by atoms with van der Waals surface area (Å²) < 4.78 is 15.8. The molecule has 172 valence electrons. The second-order valence-electron chi connectivity index (χ2n) is 7.96. The zero-order chi connectivity index (χ0) is 24.1. The van der Waals surface area contributed by atoms with Gasteiger partial charge < -0.3 is 9.88 Å². The Hall–Kier alpha value is -3.84. The fourth-order valence-corrected chi connectivity index (χ4v) is 4.43. The number of thiazole rings is 1. The summed E-state index contributed by atoms with van der Waals surface area (Å²) >= 11 is 1.35. The number of aryl methyl sites for hydroxylation is 1. The van der Waals surface area contributed by atoms with E-state index in [1.54, 1.807) is 12.1 Å². The summed E-state index contributed by atoms with van der Waals surface area (Å²) in [7, 11) is 0. The molecule has 2 amide bonds. The molecule has 1 heterocycles. The summed E-state index contributed by atoms with van der Waals surface area (Å²) in [6.45, 7) is 4.28. The van der Waals surface area contributed by atoms with E-state index in [0.717, 1.165) is 16.0 Å². The average molecular weight is 474 g/mol. The van der Waals surface area contributed by atoms with Gasteiger partial charge in [0.1, 0.15) is 5.82 Å². The van der Waals surface area contributed by atoms with Gasteiger partial charge in [-0.3, -0.25) is 9.59 Å². The fraction of sp³-hybridized carbons (Fsp3) is 0.148. The first kappa shape index (κ1) is 23.3. The van der Waals surface area contributed by atoms with Crippen molar-refractivity contribution in [1.82, 2.24) is 9.88 Å². The molecule has 3 aromatic carbocycles. The summed E-state index contributed by atoms with van der Waals surface area (Å²) in [5.74, 6) is -1.39. The molecule has 5 nitrogen and oxygen atoms in total. The van der Waals surface area contributed by atoms with Gasteiger partial charge in [-0.25, -0.2) is 4.39 Å². The number of carbonyl (C=O) groups excluding carboxylic acids is 2. The van der Waals surface area contributed by atoms with Crippen LogP contribution in [0, 0.1) is 12.7 Å². The third-order valence-electron chi connectivity index (χ3n) is 5.33. The molecule has 0 aliphatic carbocycles. The standard InChI is InChI=1S/C27H24FN3O2S/c1-18-16-31(27(34-18)30-26(33)23-13-6-7-14-24(23)28)17-20-9-8-12-22(15-20)25(32)29-19(2)21-10-4-3-5-11-21/h3-16,19H,17H2,1-2H3,(H,29,32). The Balaban J connectivity index is 1.54. The Kier molecular flexibility index (Phi) is 7.13. The number of carbonyl (C=O) groups is 2. The average Bonchev–Trinajstić information content (AvgIpc) is 3.18. The van der Waals surface area contributed by atoms with Crippen molar-refractivity contribution < 1.29 is 14.0 Å². The second-order valence-corrected chi connectivity index (χ2v) is 9.17. The first-order valence-electron chi connectivity index (χ1n) is 10.9. The van der Waals surface area contributed by atoms with E-state index in [9.17, 15) is 14.0 Å². The van der Waals surface area contributed by atoms with Crippen molar-refractivity contribution in [1.29, 1.82) is 0 Å². The van der Waals surface area contributed by atoms with Crippen LogP contribution in [0.5, 0.6) is 0 Å². The van der Waals surface area contributed by atoms with Crippen molar-refractivity contribution in [2.75, 3.05) is 0 Å². The van der Waals surface area contributed by atoms with E-state index in [4.69, 9.17) is 0 Å². The minimum atomic E-state index is -0.628. The van der Waals surface area contributed by atoms with Gasteiger partial charge in [0, 0.05) is 23.2 Å². The van der Waals surface area contributed by atoms with Crippen LogP contribution in [-0.2, 0) is 6.54 Å². The highest BCUT2D eigenvalue weighted by atomic mass is 32.1. The molecule has 4 rings (SSSR count). The summed E-state index contributed by atoms with van der Waals surface area (Å²) in [5.41, 5.74) is 2.40. The molecule has 7 heteroatoms. The van der Waals surface area contributed by atoms with Crippen LogP contribution in [0.4, 0.5) is 4.39 Å². The number of aromatic nitrogens is 1. The van der Waals surface area contributed by atoms with Gasteiger partial charge in [0.15, 0.2) is 4.80 Å². The van der Waals surface area contributed by atoms with Gasteiger partial charge >= 0.3 is 0 Å². The van der Waals surface area contributed by atoms with E-state index in [0.29, 0.717) is 16.9 Å². The summed E-state index contributed by atoms with van der Waals surface area (Å²) in [5, 5.41) is 3.03. The molecule has 0 spiro atoms. The van der Waals surface area contributed by atoms with Crippen molar-refractivity contribution >= 4 is 23.2 Å². The minimum Gasteiger partial charge on any atom is -0.346 e. The van der Waals surface area contributed by atoms with Gasteiger partial charge in [-0.05, 0) is 49.2 Å². The lowest BCUT2D eigenvalue weighted by Crippen LogP contribution is -2.26. The van der Waals surface area contributed by atoms with Crippen LogP contribution in [0.15, 0.2) is 90.1 Å². The Labute approximate surface area is 201 Å². The predicted molar refractivity (Wildman–Crippen MR) is 131 cm³/mol. The van der Waals surface area contributed by atoms with Crippen molar-refractivity contribution in [3.05, 3.63) is 123 Å². The Bertz CT molecular complexity index is 1390. The van der Waals surface area contributed by atoms with Gasteiger partial charge in [0.2, 0.25) is 0 Å². The number of rotatable bonds is 6. The molecule has 0 aliphatic heterocycles. The van der Waals surface area contributed by atoms with Crippen LogP contribution >= 0.6 is 11.3 Å². The topological polar surface area (TPSA) is 63.5 Å². The van der Waals surface area contributed by atoms with E-state index in [-0.39, 0.29) is 17.5 Å². The van der Waals surface area contributed by atoms with E-state index in [1.807, 2.05) is 73.1 Å². The van der Waals surface area contributed by atoms with Gasteiger partial charge in [0.05, 0.1) is 11.6 Å². The summed E-state index contributed by atoms with van der Waals surface area (Å²) in [4.78, 5) is 31.0. The first-order chi connectivity index (χ1) is 16.4. The van der Waals surface area contributed by atoms with Crippen LogP contribution in [-0.4, -0.2) is 16.4 Å². The lowest BCUT2D eigenvalue weighted by atomic mass is 10.1. The van der Waals surface area contributed by atoms with Gasteiger partial charge in [-0.15, -0.1) is 11.3 Å². The minimum absolute atomic E-state index is 0.0636. The van der Waals surface area contributed by atoms with Crippen LogP contribution in [0.2, 0.25) is 0 Å². The molecule has 4 aromatic rings. The van der Waals surface area contributed by atoms with Crippen LogP contribution < -0.4 is 10.1 Å². The third kappa shape index (κ3) is 5.55. The number of benzene rings is 3. The SMILES string of the molecule is Cc1cn(Cc2cccc(C(=O)NC(C)c3ccccc3)c2)c(=NC(=O)c2ccccc2F)s1. The quantitative estimate of drug-likeness (QED) is 0.414. The normalized spacial score (nSPS) is 12.4. The van der Waals surface area contributed by atoms with Crippen molar-refractivity contribution in [3.63, 3.8) is 0 Å². The van der Waals surface area contributed by atoms with Crippen molar-refractivity contribution in [3.8, 4) is 0 Å². The largest absolute Gasteiger partial charge is 0.346 e. The zero-order valence-electron chi connectivity index (χ0n) is 18.9. The molecule has 0 fully saturated rings. The molecule has 34 heavy (non-hydrogen) atoms. The molecule has 1 aromatic heterocycles. The van der Waals surface area contributed by atoms with E-state index in [2.05, 4.69) is 10.3 Å². The smallest absolute Gasteiger partial charge is 0.282 e. The molecule has 0 radical (unpaired) electrons. The maximum atomic E-state index is 14.0. The highest BCUT2D eigenvalue weighted by Gasteiger charge is 2.13. The highest BCUT2D eigenvalue weighted by Crippen LogP contribution is 2.14. The molecule has 0 bridgehead atoms. The maximum Gasteiger partial charge on any atom is 0.282 e. The molecular formula is C27H24FN3O2S. The summed E-state index contributed by atoms with van der Waals surface area (Å²) in [6.07, 6.45) is 1.89.